The Kier molecular flexibility index (Phi) is 4.50. The van der Waals surface area contributed by atoms with E-state index in [1.165, 1.54) is 7.11 Å². The number of aryl methyl sites for hydroxylation is 1. The summed E-state index contributed by atoms with van der Waals surface area (Å²) in [6.07, 6.45) is 1.71. The predicted octanol–water partition coefficient (Wildman–Crippen LogP) is 1.94. The minimum absolute atomic E-state index is 0.392. The van der Waals surface area contributed by atoms with Crippen molar-refractivity contribution in [2.45, 2.75) is 6.92 Å². The third-order valence-corrected chi connectivity index (χ3v) is 2.44. The molecule has 0 radical (unpaired) electrons. The first-order chi connectivity index (χ1) is 8.49. The number of methoxy groups -OCH3 is 1. The van der Waals surface area contributed by atoms with Crippen LogP contribution < -0.4 is 0 Å². The lowest BCUT2D eigenvalue weighted by Gasteiger charge is -2.12. The van der Waals surface area contributed by atoms with Gasteiger partial charge in [-0.3, -0.25) is 0 Å². The fourth-order valence-corrected chi connectivity index (χ4v) is 1.64. The average Bonchev–Trinajstić information content (AvgIpc) is 2.35. The van der Waals surface area contributed by atoms with Gasteiger partial charge in [0.05, 0.1) is 24.3 Å². The molecule has 1 aromatic rings. The fraction of sp³-hybridized carbons (Fsp3) is 0.286. The van der Waals surface area contributed by atoms with Gasteiger partial charge in [0, 0.05) is 20.3 Å². The Labute approximate surface area is 107 Å². The van der Waals surface area contributed by atoms with Crippen molar-refractivity contribution in [2.75, 3.05) is 21.2 Å². The van der Waals surface area contributed by atoms with Crippen LogP contribution in [0.4, 0.5) is 0 Å². The van der Waals surface area contributed by atoms with E-state index >= 15 is 0 Å². The Balaban J connectivity index is 3.31. The van der Waals surface area contributed by atoms with Crippen molar-refractivity contribution in [2.24, 2.45) is 0 Å². The van der Waals surface area contributed by atoms with Gasteiger partial charge in [-0.05, 0) is 30.2 Å². The number of rotatable bonds is 3. The third kappa shape index (κ3) is 3.11. The van der Waals surface area contributed by atoms with Crippen molar-refractivity contribution in [3.63, 3.8) is 0 Å². The lowest BCUT2D eigenvalue weighted by molar-refractivity contribution is -0.133. The van der Waals surface area contributed by atoms with Gasteiger partial charge in [-0.15, -0.1) is 0 Å². The third-order valence-electron chi connectivity index (χ3n) is 2.44. The summed E-state index contributed by atoms with van der Waals surface area (Å²) in [5.41, 5.74) is 2.69. The van der Waals surface area contributed by atoms with Crippen molar-refractivity contribution in [3.8, 4) is 6.07 Å². The summed E-state index contributed by atoms with van der Waals surface area (Å²) < 4.78 is 4.78. The summed E-state index contributed by atoms with van der Waals surface area (Å²) in [6, 6.07) is 7.28. The second kappa shape index (κ2) is 5.87. The first-order valence-corrected chi connectivity index (χ1v) is 5.47. The Morgan fingerprint density at radius 1 is 1.44 bits per heavy atom. The van der Waals surface area contributed by atoms with Crippen LogP contribution in [0, 0.1) is 18.3 Å². The van der Waals surface area contributed by atoms with Crippen LogP contribution in [0.1, 0.15) is 16.7 Å². The second-order valence-electron chi connectivity index (χ2n) is 4.14. The highest BCUT2D eigenvalue weighted by Crippen LogP contribution is 2.21. The van der Waals surface area contributed by atoms with Gasteiger partial charge in [0.1, 0.15) is 0 Å². The number of hydrogen-bond donors (Lipinski definition) is 0. The highest BCUT2D eigenvalue weighted by atomic mass is 16.5. The molecule has 94 valence electrons. The molecule has 0 fully saturated rings. The highest BCUT2D eigenvalue weighted by Gasteiger charge is 2.15. The predicted molar refractivity (Wildman–Crippen MR) is 69.6 cm³/mol. The van der Waals surface area contributed by atoms with Gasteiger partial charge in [-0.25, -0.2) is 4.79 Å². The van der Waals surface area contributed by atoms with Crippen molar-refractivity contribution in [1.29, 1.82) is 5.26 Å². The molecule has 0 N–H and O–H groups in total. The molecular weight excluding hydrogens is 228 g/mol. The Morgan fingerprint density at radius 2 is 2.11 bits per heavy atom. The normalized spacial score (nSPS) is 10.7. The Morgan fingerprint density at radius 3 is 2.56 bits per heavy atom. The standard InChI is InChI=1S/C14H16N2O2/c1-10-7-11(8-15)5-6-12(10)13(9-16(2)3)14(17)18-4/h5-7,9H,1-4H3/b13-9-. The molecule has 0 unspecified atom stereocenters. The van der Waals surface area contributed by atoms with Gasteiger partial charge in [-0.1, -0.05) is 6.07 Å². The van der Waals surface area contributed by atoms with E-state index in [2.05, 4.69) is 6.07 Å². The molecule has 1 aromatic carbocycles. The largest absolute Gasteiger partial charge is 0.465 e. The van der Waals surface area contributed by atoms with E-state index in [9.17, 15) is 4.79 Å². The van der Waals surface area contributed by atoms with E-state index in [0.29, 0.717) is 11.1 Å². The van der Waals surface area contributed by atoms with E-state index in [0.717, 1.165) is 11.1 Å². The lowest BCUT2D eigenvalue weighted by Crippen LogP contribution is -2.11. The maximum absolute atomic E-state index is 11.8. The molecule has 4 nitrogen and oxygen atoms in total. The van der Waals surface area contributed by atoms with Gasteiger partial charge in [0.25, 0.3) is 0 Å². The molecule has 0 bridgehead atoms. The minimum Gasteiger partial charge on any atom is -0.465 e. The van der Waals surface area contributed by atoms with Crippen LogP contribution in [0.5, 0.6) is 0 Å². The van der Waals surface area contributed by atoms with Crippen LogP contribution in [0.3, 0.4) is 0 Å². The molecule has 0 aliphatic heterocycles. The molecule has 0 spiro atoms. The number of esters is 1. The topological polar surface area (TPSA) is 53.3 Å². The summed E-state index contributed by atoms with van der Waals surface area (Å²) >= 11 is 0. The van der Waals surface area contributed by atoms with E-state index in [-0.39, 0.29) is 0 Å². The zero-order valence-electron chi connectivity index (χ0n) is 11.0. The number of carbonyl (C=O) groups excluding carboxylic acids is 1. The molecule has 0 heterocycles. The van der Waals surface area contributed by atoms with Gasteiger partial charge >= 0.3 is 5.97 Å². The molecule has 0 atom stereocenters. The molecule has 0 saturated heterocycles. The number of nitriles is 1. The molecule has 0 aromatic heterocycles. The maximum atomic E-state index is 11.8. The van der Waals surface area contributed by atoms with E-state index in [1.54, 1.807) is 29.3 Å². The van der Waals surface area contributed by atoms with Crippen molar-refractivity contribution in [3.05, 3.63) is 41.1 Å². The van der Waals surface area contributed by atoms with Gasteiger partial charge in [-0.2, -0.15) is 5.26 Å². The number of carbonyl (C=O) groups is 1. The SMILES string of the molecule is COC(=O)/C(=C\N(C)C)c1ccc(C#N)cc1C. The summed E-state index contributed by atoms with van der Waals surface area (Å²) in [5, 5.41) is 8.83. The summed E-state index contributed by atoms with van der Waals surface area (Å²) in [4.78, 5) is 13.6. The Bertz CT molecular complexity index is 525. The fourth-order valence-electron chi connectivity index (χ4n) is 1.64. The average molecular weight is 244 g/mol. The molecule has 4 heteroatoms. The van der Waals surface area contributed by atoms with Crippen molar-refractivity contribution < 1.29 is 9.53 Å². The van der Waals surface area contributed by atoms with Crippen LogP contribution in [0.15, 0.2) is 24.4 Å². The van der Waals surface area contributed by atoms with Crippen LogP contribution in [-0.2, 0) is 9.53 Å². The summed E-state index contributed by atoms with van der Waals surface area (Å²) in [6.45, 7) is 1.86. The van der Waals surface area contributed by atoms with Crippen LogP contribution in [0.2, 0.25) is 0 Å². The van der Waals surface area contributed by atoms with Crippen LogP contribution >= 0.6 is 0 Å². The molecule has 0 amide bonds. The molecule has 1 rings (SSSR count). The van der Waals surface area contributed by atoms with E-state index < -0.39 is 5.97 Å². The first kappa shape index (κ1) is 13.8. The number of nitrogens with zero attached hydrogens (tertiary/aromatic N) is 2. The van der Waals surface area contributed by atoms with Crippen molar-refractivity contribution >= 4 is 11.5 Å². The molecular formula is C14H16N2O2. The number of hydrogen-bond acceptors (Lipinski definition) is 4. The monoisotopic (exact) mass is 244 g/mol. The molecule has 0 saturated carbocycles. The molecule has 0 aliphatic carbocycles. The molecule has 0 aliphatic rings. The zero-order valence-corrected chi connectivity index (χ0v) is 11.0. The second-order valence-corrected chi connectivity index (χ2v) is 4.14. The zero-order chi connectivity index (χ0) is 13.7. The number of benzene rings is 1. The molecule has 18 heavy (non-hydrogen) atoms. The summed E-state index contributed by atoms with van der Waals surface area (Å²) in [7, 11) is 5.02. The highest BCUT2D eigenvalue weighted by molar-refractivity contribution is 6.16. The number of ether oxygens (including phenoxy) is 1. The van der Waals surface area contributed by atoms with E-state index in [1.807, 2.05) is 21.0 Å². The smallest absolute Gasteiger partial charge is 0.339 e. The quantitative estimate of drug-likeness (QED) is 0.602. The van der Waals surface area contributed by atoms with Gasteiger partial charge < -0.3 is 9.64 Å². The lowest BCUT2D eigenvalue weighted by atomic mass is 9.99. The van der Waals surface area contributed by atoms with Crippen molar-refractivity contribution in [1.82, 2.24) is 4.90 Å². The van der Waals surface area contributed by atoms with Gasteiger partial charge in [0.2, 0.25) is 0 Å². The van der Waals surface area contributed by atoms with E-state index in [4.69, 9.17) is 10.00 Å². The van der Waals surface area contributed by atoms with Crippen LogP contribution in [-0.4, -0.2) is 32.1 Å². The summed E-state index contributed by atoms with van der Waals surface area (Å²) in [5.74, 6) is -0.392. The van der Waals surface area contributed by atoms with Gasteiger partial charge in [0.15, 0.2) is 0 Å². The Hall–Kier alpha value is -2.28. The minimum atomic E-state index is -0.392. The maximum Gasteiger partial charge on any atom is 0.339 e. The first-order valence-electron chi connectivity index (χ1n) is 5.47. The van der Waals surface area contributed by atoms with Crippen LogP contribution in [0.25, 0.3) is 5.57 Å².